The lowest BCUT2D eigenvalue weighted by Crippen LogP contribution is -1.91. The lowest BCUT2D eigenvalue weighted by molar-refractivity contribution is -0.110. The van der Waals surface area contributed by atoms with Gasteiger partial charge in [0.05, 0.1) is 24.3 Å². The second-order valence-electron chi connectivity index (χ2n) is 5.09. The summed E-state index contributed by atoms with van der Waals surface area (Å²) in [6, 6.07) is 6.44. The fraction of sp³-hybridized carbons (Fsp3) is 0.105. The molecule has 7 heteroatoms. The monoisotopic (exact) mass is 430 g/mol. The molecule has 0 aliphatic rings. The summed E-state index contributed by atoms with van der Waals surface area (Å²) < 4.78 is 10.5. The van der Waals surface area contributed by atoms with E-state index in [0.717, 1.165) is 0 Å². The first-order chi connectivity index (χ1) is 12.3. The van der Waals surface area contributed by atoms with Crippen molar-refractivity contribution in [2.45, 2.75) is 0 Å². The first-order valence-corrected chi connectivity index (χ1v) is 8.83. The Morgan fingerprint density at radius 2 is 1.15 bits per heavy atom. The van der Waals surface area contributed by atoms with Crippen LogP contribution in [-0.2, 0) is 4.79 Å². The van der Waals surface area contributed by atoms with Gasteiger partial charge in [-0.2, -0.15) is 0 Å². The summed E-state index contributed by atoms with van der Waals surface area (Å²) in [5.74, 6) is 0.612. The van der Waals surface area contributed by atoms with E-state index in [1.54, 1.807) is 36.4 Å². The third-order valence-electron chi connectivity index (χ3n) is 3.34. The summed E-state index contributed by atoms with van der Waals surface area (Å²) in [5, 5.41) is 1.61. The van der Waals surface area contributed by atoms with Crippen LogP contribution in [0.15, 0.2) is 36.4 Å². The van der Waals surface area contributed by atoms with Crippen molar-refractivity contribution in [3.05, 3.63) is 67.6 Å². The van der Waals surface area contributed by atoms with Gasteiger partial charge in [-0.15, -0.1) is 0 Å². The van der Waals surface area contributed by atoms with E-state index in [1.165, 1.54) is 26.4 Å². The van der Waals surface area contributed by atoms with Crippen molar-refractivity contribution in [3.8, 4) is 11.5 Å². The average Bonchev–Trinajstić information content (AvgIpc) is 2.57. The van der Waals surface area contributed by atoms with Crippen molar-refractivity contribution in [3.63, 3.8) is 0 Å². The van der Waals surface area contributed by atoms with E-state index in [2.05, 4.69) is 0 Å². The molecule has 0 heterocycles. The van der Waals surface area contributed by atoms with Gasteiger partial charge in [-0.25, -0.2) is 0 Å². The van der Waals surface area contributed by atoms with E-state index in [4.69, 9.17) is 55.9 Å². The Balaban J connectivity index is 2.25. The molecule has 0 amide bonds. The average molecular weight is 432 g/mol. The number of hydrogen-bond donors (Lipinski definition) is 0. The highest BCUT2D eigenvalue weighted by molar-refractivity contribution is 6.36. The highest BCUT2D eigenvalue weighted by atomic mass is 35.5. The van der Waals surface area contributed by atoms with Crippen molar-refractivity contribution in [1.29, 1.82) is 0 Å². The van der Waals surface area contributed by atoms with Crippen LogP contribution in [-0.4, -0.2) is 20.0 Å². The van der Waals surface area contributed by atoms with Crippen molar-refractivity contribution >= 4 is 64.3 Å². The molecule has 3 nitrogen and oxygen atoms in total. The molecule has 0 aliphatic carbocycles. The minimum atomic E-state index is -0.263. The van der Waals surface area contributed by atoms with Crippen molar-refractivity contribution in [1.82, 2.24) is 0 Å². The fourth-order valence-corrected chi connectivity index (χ4v) is 3.41. The molecule has 0 aliphatic heterocycles. The van der Waals surface area contributed by atoms with Gasteiger partial charge in [0.15, 0.2) is 5.78 Å². The molecule has 0 aromatic heterocycles. The summed E-state index contributed by atoms with van der Waals surface area (Å²) in [4.78, 5) is 12.1. The number of ether oxygens (including phenoxy) is 2. The first-order valence-electron chi connectivity index (χ1n) is 7.32. The second-order valence-corrected chi connectivity index (χ2v) is 6.78. The summed E-state index contributed by atoms with van der Waals surface area (Å²) in [6.45, 7) is 0. The topological polar surface area (TPSA) is 35.5 Å². The molecule has 0 N–H and O–H groups in total. The lowest BCUT2D eigenvalue weighted by Gasteiger charge is -2.08. The molecule has 2 aromatic rings. The molecule has 2 aromatic carbocycles. The van der Waals surface area contributed by atoms with Gasteiger partial charge in [0.25, 0.3) is 0 Å². The Kier molecular flexibility index (Phi) is 7.42. The molecular weight excluding hydrogens is 418 g/mol. The van der Waals surface area contributed by atoms with Gasteiger partial charge >= 0.3 is 0 Å². The number of benzene rings is 2. The quantitative estimate of drug-likeness (QED) is 0.482. The maximum Gasteiger partial charge on any atom is 0.178 e. The van der Waals surface area contributed by atoms with Crippen LogP contribution in [0.5, 0.6) is 11.5 Å². The van der Waals surface area contributed by atoms with Gasteiger partial charge in [0, 0.05) is 21.2 Å². The van der Waals surface area contributed by atoms with Crippen LogP contribution >= 0.6 is 46.4 Å². The van der Waals surface area contributed by atoms with E-state index in [9.17, 15) is 4.79 Å². The molecule has 26 heavy (non-hydrogen) atoms. The molecule has 0 fully saturated rings. The van der Waals surface area contributed by atoms with Crippen LogP contribution in [0.2, 0.25) is 20.1 Å². The van der Waals surface area contributed by atoms with Crippen LogP contribution < -0.4 is 9.47 Å². The maximum absolute atomic E-state index is 12.1. The number of ketones is 1. The largest absolute Gasteiger partial charge is 0.495 e. The molecule has 0 saturated carbocycles. The van der Waals surface area contributed by atoms with Gasteiger partial charge in [-0.3, -0.25) is 4.79 Å². The molecule has 0 atom stereocenters. The van der Waals surface area contributed by atoms with Crippen molar-refractivity contribution < 1.29 is 14.3 Å². The van der Waals surface area contributed by atoms with Gasteiger partial charge in [-0.05, 0) is 48.6 Å². The zero-order valence-corrected chi connectivity index (χ0v) is 16.9. The van der Waals surface area contributed by atoms with Crippen LogP contribution in [0.25, 0.3) is 12.2 Å². The normalized spacial score (nSPS) is 11.3. The standard InChI is InChI=1S/C19H14Cl4O3/c1-25-18-11(7-13(20)9-16(18)22)3-5-15(24)6-4-12-8-14(21)10-17(23)19(12)26-2/h3-10H,1-2H3/b5-3+,6-4+. The first kappa shape index (κ1) is 20.7. The Morgan fingerprint density at radius 3 is 1.50 bits per heavy atom. The van der Waals surface area contributed by atoms with Crippen LogP contribution in [0.3, 0.4) is 0 Å². The Morgan fingerprint density at radius 1 is 0.769 bits per heavy atom. The Labute approximate surface area is 171 Å². The molecule has 0 radical (unpaired) electrons. The Hall–Kier alpha value is -1.65. The van der Waals surface area contributed by atoms with Gasteiger partial charge in [0.2, 0.25) is 0 Å². The van der Waals surface area contributed by atoms with Crippen molar-refractivity contribution in [2.24, 2.45) is 0 Å². The van der Waals surface area contributed by atoms with E-state index in [-0.39, 0.29) is 5.78 Å². The minimum Gasteiger partial charge on any atom is -0.495 e. The van der Waals surface area contributed by atoms with E-state index in [0.29, 0.717) is 42.7 Å². The molecule has 0 unspecified atom stereocenters. The number of allylic oxidation sites excluding steroid dienone is 2. The third kappa shape index (κ3) is 5.18. The Bertz CT molecular complexity index is 817. The van der Waals surface area contributed by atoms with Gasteiger partial charge < -0.3 is 9.47 Å². The van der Waals surface area contributed by atoms with Crippen LogP contribution in [0.4, 0.5) is 0 Å². The van der Waals surface area contributed by atoms with E-state index >= 15 is 0 Å². The molecule has 136 valence electrons. The predicted octanol–water partition coefficient (Wildman–Crippen LogP) is 6.61. The third-order valence-corrected chi connectivity index (χ3v) is 4.33. The van der Waals surface area contributed by atoms with E-state index < -0.39 is 0 Å². The van der Waals surface area contributed by atoms with E-state index in [1.807, 2.05) is 0 Å². The summed E-state index contributed by atoms with van der Waals surface area (Å²) >= 11 is 24.1. The maximum atomic E-state index is 12.1. The summed E-state index contributed by atoms with van der Waals surface area (Å²) in [7, 11) is 2.98. The number of halogens is 4. The van der Waals surface area contributed by atoms with Crippen molar-refractivity contribution in [2.75, 3.05) is 14.2 Å². The number of methoxy groups -OCH3 is 2. The van der Waals surface area contributed by atoms with Gasteiger partial charge in [-0.1, -0.05) is 46.4 Å². The smallest absolute Gasteiger partial charge is 0.178 e. The highest BCUT2D eigenvalue weighted by Gasteiger charge is 2.09. The number of hydrogen-bond acceptors (Lipinski definition) is 3. The summed E-state index contributed by atoms with van der Waals surface area (Å²) in [5.41, 5.74) is 1.19. The minimum absolute atomic E-state index is 0.263. The van der Waals surface area contributed by atoms with Crippen LogP contribution in [0, 0.1) is 0 Å². The number of carbonyl (C=O) groups is 1. The lowest BCUT2D eigenvalue weighted by atomic mass is 10.1. The molecule has 2 rings (SSSR count). The molecule has 0 bridgehead atoms. The predicted molar refractivity (Wildman–Crippen MR) is 109 cm³/mol. The highest BCUT2D eigenvalue weighted by Crippen LogP contribution is 2.34. The fourth-order valence-electron chi connectivity index (χ4n) is 2.24. The zero-order valence-electron chi connectivity index (χ0n) is 13.9. The SMILES string of the molecule is COc1c(Cl)cc(Cl)cc1/C=C/C(=O)/C=C/c1cc(Cl)cc(Cl)c1OC. The summed E-state index contributed by atoms with van der Waals surface area (Å²) in [6.07, 6.45) is 5.90. The van der Waals surface area contributed by atoms with Crippen LogP contribution in [0.1, 0.15) is 11.1 Å². The van der Waals surface area contributed by atoms with Gasteiger partial charge in [0.1, 0.15) is 11.5 Å². The molecule has 0 saturated heterocycles. The number of rotatable bonds is 6. The molecular formula is C19H14Cl4O3. The number of carbonyl (C=O) groups excluding carboxylic acids is 1. The zero-order chi connectivity index (χ0) is 19.3. The molecule has 0 spiro atoms. The second kappa shape index (κ2) is 9.33.